The molecule has 0 amide bonds. The minimum absolute atomic E-state index is 0.0405. The molecule has 22 nitrogen and oxygen atoms in total. The van der Waals surface area contributed by atoms with Crippen molar-refractivity contribution >= 4 is 49.4 Å². The van der Waals surface area contributed by atoms with Crippen molar-refractivity contribution in [2.45, 2.75) is 49.3 Å². The molecule has 3 saturated heterocycles. The fourth-order valence-corrected chi connectivity index (χ4v) is 7.56. The van der Waals surface area contributed by atoms with E-state index in [9.17, 15) is 33.9 Å². The van der Waals surface area contributed by atoms with Crippen LogP contribution in [0.2, 0.25) is 0 Å². The summed E-state index contributed by atoms with van der Waals surface area (Å²) in [6.45, 7) is -0.843. The molecule has 9 N–H and O–H groups in total. The molecule has 3 aliphatic rings. The third-order valence-corrected chi connectivity index (χ3v) is 9.65. The van der Waals surface area contributed by atoms with E-state index in [4.69, 9.17) is 45.7 Å². The molecule has 0 aliphatic carbocycles. The standard InChI is InChI=1S/C23H25N9O13P2/c1-2-8-3-31(17-10(8)16(24)26-5-27-17)20-12(33)14-9(42-20)4-41-47(38,39)45-15-13(34)22(40-7-46(36,37)44-14)43-21(15)32-6-28-11-18(32)29-23(25)30-19(11)35/h1,3,5-6,9,12-15,20-22,33-34H,4,7H2,(H,36,37)(H,38,39)(H2,24,26,27)(H3,25,29,30,35)/t9-,12?,13?,14?,15?,20-,21-,22+/m1/s1. The lowest BCUT2D eigenvalue weighted by Crippen LogP contribution is -2.36. The number of anilines is 2. The summed E-state index contributed by atoms with van der Waals surface area (Å²) in [6, 6.07) is 0. The quantitative estimate of drug-likeness (QED) is 0.0901. The molecule has 2 bridgehead atoms. The van der Waals surface area contributed by atoms with E-state index in [1.165, 1.54) is 10.8 Å². The predicted molar refractivity (Wildman–Crippen MR) is 154 cm³/mol. The van der Waals surface area contributed by atoms with E-state index >= 15 is 0 Å². The summed E-state index contributed by atoms with van der Waals surface area (Å²) in [5.41, 5.74) is 11.0. The molecule has 7 heterocycles. The molecule has 6 unspecified atom stereocenters. The highest BCUT2D eigenvalue weighted by molar-refractivity contribution is 7.52. The first-order chi connectivity index (χ1) is 22.3. The number of aliphatic hydroxyl groups is 2. The number of nitrogens with one attached hydrogen (secondary N) is 1. The Bertz CT molecular complexity index is 2080. The van der Waals surface area contributed by atoms with Crippen LogP contribution in [0, 0.1) is 12.3 Å². The molecular formula is C23H25N9O13P2. The number of fused-ring (bicyclic) bond motifs is 5. The molecule has 0 aromatic carbocycles. The Kier molecular flexibility index (Phi) is 7.72. The molecular weight excluding hydrogens is 672 g/mol. The second-order valence-electron chi connectivity index (χ2n) is 10.6. The number of hydrogen-bond acceptors (Lipinski definition) is 17. The number of nitrogen functional groups attached to an aromatic ring is 2. The Balaban J connectivity index is 1.22. The van der Waals surface area contributed by atoms with Gasteiger partial charge in [-0.05, 0) is 0 Å². The van der Waals surface area contributed by atoms with Gasteiger partial charge in [-0.2, -0.15) is 4.98 Å². The fraction of sp³-hybridized carbons (Fsp3) is 0.435. The Morgan fingerprint density at radius 3 is 2.57 bits per heavy atom. The van der Waals surface area contributed by atoms with Crippen molar-refractivity contribution in [1.82, 2.24) is 34.1 Å². The van der Waals surface area contributed by atoms with E-state index in [1.807, 2.05) is 0 Å². The number of aromatic nitrogens is 7. The smallest absolute Gasteiger partial charge is 0.386 e. The van der Waals surface area contributed by atoms with Crippen molar-refractivity contribution in [2.24, 2.45) is 0 Å². The Morgan fingerprint density at radius 2 is 1.81 bits per heavy atom. The van der Waals surface area contributed by atoms with Crippen molar-refractivity contribution in [3.8, 4) is 12.3 Å². The molecule has 0 spiro atoms. The highest BCUT2D eigenvalue weighted by Crippen LogP contribution is 2.53. The van der Waals surface area contributed by atoms with E-state index in [-0.39, 0.29) is 39.5 Å². The van der Waals surface area contributed by atoms with Gasteiger partial charge in [-0.1, -0.05) is 5.92 Å². The van der Waals surface area contributed by atoms with Crippen LogP contribution in [0.15, 0.2) is 23.6 Å². The lowest BCUT2D eigenvalue weighted by Gasteiger charge is -2.25. The summed E-state index contributed by atoms with van der Waals surface area (Å²) in [6.07, 6.45) is -5.08. The van der Waals surface area contributed by atoms with Gasteiger partial charge in [0.1, 0.15) is 48.3 Å². The number of nitrogens with two attached hydrogens (primary N) is 2. The van der Waals surface area contributed by atoms with E-state index in [0.29, 0.717) is 0 Å². The minimum atomic E-state index is -5.16. The van der Waals surface area contributed by atoms with E-state index < -0.39 is 83.2 Å². The lowest BCUT2D eigenvalue weighted by atomic mass is 10.1. The Morgan fingerprint density at radius 1 is 1.02 bits per heavy atom. The highest BCUT2D eigenvalue weighted by Gasteiger charge is 2.54. The first-order valence-corrected chi connectivity index (χ1v) is 16.8. The van der Waals surface area contributed by atoms with E-state index in [1.54, 1.807) is 0 Å². The Labute approximate surface area is 261 Å². The number of H-pyrrole nitrogens is 1. The lowest BCUT2D eigenvalue weighted by molar-refractivity contribution is -0.168. The molecule has 24 heteroatoms. The maximum Gasteiger partial charge on any atom is 0.472 e. The third kappa shape index (κ3) is 5.51. The summed E-state index contributed by atoms with van der Waals surface area (Å²) >= 11 is 0. The summed E-state index contributed by atoms with van der Waals surface area (Å²) in [7, 11) is -9.97. The first kappa shape index (κ1) is 31.8. The van der Waals surface area contributed by atoms with Crippen LogP contribution < -0.4 is 17.0 Å². The molecule has 7 rings (SSSR count). The van der Waals surface area contributed by atoms with Gasteiger partial charge in [0.2, 0.25) is 5.95 Å². The number of aliphatic hydroxyl groups excluding tert-OH is 2. The average molecular weight is 697 g/mol. The molecule has 3 fully saturated rings. The van der Waals surface area contributed by atoms with Gasteiger partial charge < -0.3 is 50.2 Å². The predicted octanol–water partition coefficient (Wildman–Crippen LogP) is -1.76. The Hall–Kier alpha value is -3.81. The molecule has 47 heavy (non-hydrogen) atoms. The fourth-order valence-electron chi connectivity index (χ4n) is 5.59. The van der Waals surface area contributed by atoms with Crippen molar-refractivity contribution in [1.29, 1.82) is 0 Å². The number of aromatic amines is 1. The number of imidazole rings is 1. The van der Waals surface area contributed by atoms with Gasteiger partial charge in [0.15, 0.2) is 36.3 Å². The zero-order valence-electron chi connectivity index (χ0n) is 23.5. The molecule has 4 aromatic rings. The van der Waals surface area contributed by atoms with Crippen molar-refractivity contribution in [2.75, 3.05) is 24.4 Å². The number of terminal acetylenes is 1. The summed E-state index contributed by atoms with van der Waals surface area (Å²) in [5, 5.41) is 22.5. The SMILES string of the molecule is C#Cc1cn([C@@H]2O[C@@H]3COP(=O)(O)OC4C(O)[C@@H](OCP(=O)(O)OC3C2O)O[C@H]4n2cnc3c(=O)[nH]c(N)nc32)c2ncnc(N)c12. The summed E-state index contributed by atoms with van der Waals surface area (Å²) in [4.78, 5) is 52.1. The average Bonchev–Trinajstić information content (AvgIpc) is 3.75. The molecule has 4 aromatic heterocycles. The van der Waals surface area contributed by atoms with Gasteiger partial charge in [0.25, 0.3) is 5.56 Å². The van der Waals surface area contributed by atoms with E-state index in [0.717, 1.165) is 17.2 Å². The van der Waals surface area contributed by atoms with Gasteiger partial charge in [-0.3, -0.25) is 32.5 Å². The van der Waals surface area contributed by atoms with Crippen molar-refractivity contribution in [3.63, 3.8) is 0 Å². The van der Waals surface area contributed by atoms with Crippen molar-refractivity contribution in [3.05, 3.63) is 34.8 Å². The van der Waals surface area contributed by atoms with Gasteiger partial charge >= 0.3 is 15.4 Å². The zero-order valence-corrected chi connectivity index (χ0v) is 25.3. The van der Waals surface area contributed by atoms with Gasteiger partial charge in [0.05, 0.1) is 23.9 Å². The molecule has 0 radical (unpaired) electrons. The number of hydrogen-bond donors (Lipinski definition) is 7. The van der Waals surface area contributed by atoms with Crippen LogP contribution in [0.4, 0.5) is 11.8 Å². The molecule has 0 saturated carbocycles. The topological polar surface area (TPSA) is 317 Å². The van der Waals surface area contributed by atoms with Crippen LogP contribution in [0.3, 0.4) is 0 Å². The van der Waals surface area contributed by atoms with Gasteiger partial charge in [-0.15, -0.1) is 6.42 Å². The van der Waals surface area contributed by atoms with Crippen LogP contribution >= 0.6 is 15.4 Å². The second kappa shape index (κ2) is 11.4. The zero-order chi connectivity index (χ0) is 33.4. The van der Waals surface area contributed by atoms with Crippen LogP contribution in [0.25, 0.3) is 22.2 Å². The normalized spacial score (nSPS) is 36.4. The summed E-state index contributed by atoms with van der Waals surface area (Å²) < 4.78 is 61.8. The highest BCUT2D eigenvalue weighted by atomic mass is 31.2. The first-order valence-electron chi connectivity index (χ1n) is 13.5. The van der Waals surface area contributed by atoms with E-state index in [2.05, 4.69) is 30.8 Å². The van der Waals surface area contributed by atoms with Crippen LogP contribution in [-0.2, 0) is 36.9 Å². The molecule has 250 valence electrons. The number of rotatable bonds is 2. The van der Waals surface area contributed by atoms with Crippen molar-refractivity contribution < 1.29 is 56.9 Å². The largest absolute Gasteiger partial charge is 0.472 e. The molecule has 10 atom stereocenters. The minimum Gasteiger partial charge on any atom is -0.386 e. The maximum absolute atomic E-state index is 13.2. The second-order valence-corrected chi connectivity index (χ2v) is 13.8. The monoisotopic (exact) mass is 697 g/mol. The van der Waals surface area contributed by atoms with Gasteiger partial charge in [0, 0.05) is 6.20 Å². The number of phosphoric ester groups is 1. The van der Waals surface area contributed by atoms with Crippen LogP contribution in [0.5, 0.6) is 0 Å². The van der Waals surface area contributed by atoms with Crippen LogP contribution in [-0.4, -0.2) is 104 Å². The summed E-state index contributed by atoms with van der Waals surface area (Å²) in [5.74, 6) is 2.18. The number of phosphoric acid groups is 1. The van der Waals surface area contributed by atoms with Crippen LogP contribution in [0.1, 0.15) is 18.0 Å². The number of nitrogens with zero attached hydrogens (tertiary/aromatic N) is 6. The molecule has 3 aliphatic heterocycles. The maximum atomic E-state index is 13.2. The third-order valence-electron chi connectivity index (χ3n) is 7.62. The van der Waals surface area contributed by atoms with Gasteiger partial charge in [-0.25, -0.2) is 19.5 Å². The number of ether oxygens (including phenoxy) is 3.